The van der Waals surface area contributed by atoms with Crippen molar-refractivity contribution in [2.75, 3.05) is 19.5 Å². The first-order valence-electron chi connectivity index (χ1n) is 8.14. The minimum atomic E-state index is -0.342. The van der Waals surface area contributed by atoms with Crippen molar-refractivity contribution in [2.45, 2.75) is 20.0 Å². The molecule has 0 atom stereocenters. The Kier molecular flexibility index (Phi) is 7.44. The SMILES string of the molecule is COc1ccc(OC)c(NC(=S)NC(=O)c2ccc(OC(C)C)c(Br)c2)c1. The molecule has 0 saturated heterocycles. The van der Waals surface area contributed by atoms with E-state index < -0.39 is 0 Å². The molecule has 0 aromatic heterocycles. The number of rotatable bonds is 6. The van der Waals surface area contributed by atoms with Crippen molar-refractivity contribution >= 4 is 44.9 Å². The number of anilines is 1. The highest BCUT2D eigenvalue weighted by Crippen LogP contribution is 2.29. The van der Waals surface area contributed by atoms with E-state index in [1.807, 2.05) is 13.8 Å². The predicted molar refractivity (Wildman–Crippen MR) is 113 cm³/mol. The van der Waals surface area contributed by atoms with Crippen LogP contribution in [0.5, 0.6) is 17.2 Å². The van der Waals surface area contributed by atoms with E-state index in [1.54, 1.807) is 50.6 Å². The number of thiocarbonyl (C=S) groups is 1. The number of halogens is 1. The quantitative estimate of drug-likeness (QED) is 0.633. The van der Waals surface area contributed by atoms with Gasteiger partial charge in [0.05, 0.1) is 30.5 Å². The zero-order valence-corrected chi connectivity index (χ0v) is 17.9. The fourth-order valence-electron chi connectivity index (χ4n) is 2.23. The van der Waals surface area contributed by atoms with Crippen molar-refractivity contribution in [1.82, 2.24) is 5.32 Å². The van der Waals surface area contributed by atoms with Crippen molar-refractivity contribution in [2.24, 2.45) is 0 Å². The lowest BCUT2D eigenvalue weighted by molar-refractivity contribution is 0.0977. The van der Waals surface area contributed by atoms with Crippen LogP contribution < -0.4 is 24.8 Å². The van der Waals surface area contributed by atoms with Crippen LogP contribution in [0.15, 0.2) is 40.9 Å². The molecule has 8 heteroatoms. The number of carbonyl (C=O) groups is 1. The number of benzene rings is 2. The Labute approximate surface area is 172 Å². The second-order valence-corrected chi connectivity index (χ2v) is 7.05. The number of methoxy groups -OCH3 is 2. The number of nitrogens with one attached hydrogen (secondary N) is 2. The summed E-state index contributed by atoms with van der Waals surface area (Å²) in [6.07, 6.45) is 0.0376. The lowest BCUT2D eigenvalue weighted by Gasteiger charge is -2.15. The molecule has 0 fully saturated rings. The number of hydrogen-bond acceptors (Lipinski definition) is 5. The first kappa shape index (κ1) is 21.0. The van der Waals surface area contributed by atoms with Gasteiger partial charge in [-0.25, -0.2) is 0 Å². The molecule has 0 saturated carbocycles. The third-order valence-corrected chi connectivity index (χ3v) is 4.26. The van der Waals surface area contributed by atoms with Crippen LogP contribution in [0.1, 0.15) is 24.2 Å². The van der Waals surface area contributed by atoms with Gasteiger partial charge in [0.1, 0.15) is 17.2 Å². The molecule has 27 heavy (non-hydrogen) atoms. The van der Waals surface area contributed by atoms with Crippen LogP contribution in [-0.4, -0.2) is 31.3 Å². The van der Waals surface area contributed by atoms with Crippen LogP contribution in [0.4, 0.5) is 5.69 Å². The molecule has 0 unspecified atom stereocenters. The minimum Gasteiger partial charge on any atom is -0.497 e. The van der Waals surface area contributed by atoms with Gasteiger partial charge in [-0.15, -0.1) is 0 Å². The van der Waals surface area contributed by atoms with Crippen molar-refractivity contribution in [3.63, 3.8) is 0 Å². The highest BCUT2D eigenvalue weighted by molar-refractivity contribution is 9.10. The maximum atomic E-state index is 12.5. The van der Waals surface area contributed by atoms with E-state index in [9.17, 15) is 4.79 Å². The van der Waals surface area contributed by atoms with Gasteiger partial charge in [0.25, 0.3) is 5.91 Å². The van der Waals surface area contributed by atoms with Gasteiger partial charge < -0.3 is 19.5 Å². The zero-order chi connectivity index (χ0) is 20.0. The summed E-state index contributed by atoms with van der Waals surface area (Å²) in [5, 5.41) is 5.74. The maximum Gasteiger partial charge on any atom is 0.257 e. The molecule has 0 aliphatic rings. The molecule has 2 N–H and O–H groups in total. The van der Waals surface area contributed by atoms with E-state index in [2.05, 4.69) is 26.6 Å². The molecule has 2 aromatic rings. The van der Waals surface area contributed by atoms with E-state index in [4.69, 9.17) is 26.4 Å². The molecule has 0 aliphatic heterocycles. The van der Waals surface area contributed by atoms with E-state index >= 15 is 0 Å². The first-order chi connectivity index (χ1) is 12.8. The predicted octanol–water partition coefficient (Wildman–Crippen LogP) is 4.38. The molecule has 0 radical (unpaired) electrons. The average Bonchev–Trinajstić information content (AvgIpc) is 2.62. The van der Waals surface area contributed by atoms with Gasteiger partial charge in [-0.3, -0.25) is 10.1 Å². The van der Waals surface area contributed by atoms with E-state index in [0.717, 1.165) is 0 Å². The summed E-state index contributed by atoms with van der Waals surface area (Å²) in [7, 11) is 3.11. The Morgan fingerprint density at radius 2 is 1.78 bits per heavy atom. The summed E-state index contributed by atoms with van der Waals surface area (Å²) < 4.78 is 16.8. The molecule has 144 valence electrons. The monoisotopic (exact) mass is 452 g/mol. The number of hydrogen-bond donors (Lipinski definition) is 2. The number of ether oxygens (including phenoxy) is 3. The van der Waals surface area contributed by atoms with E-state index in [1.165, 1.54) is 0 Å². The normalized spacial score (nSPS) is 10.3. The Hall–Kier alpha value is -2.32. The molecular weight excluding hydrogens is 432 g/mol. The maximum absolute atomic E-state index is 12.5. The highest BCUT2D eigenvalue weighted by Gasteiger charge is 2.13. The highest BCUT2D eigenvalue weighted by atomic mass is 79.9. The topological polar surface area (TPSA) is 68.8 Å². The van der Waals surface area contributed by atoms with Crippen molar-refractivity contribution in [1.29, 1.82) is 0 Å². The van der Waals surface area contributed by atoms with Crippen LogP contribution in [0.3, 0.4) is 0 Å². The summed E-state index contributed by atoms with van der Waals surface area (Å²) in [6.45, 7) is 3.87. The van der Waals surface area contributed by atoms with E-state index in [0.29, 0.717) is 33.0 Å². The van der Waals surface area contributed by atoms with Crippen molar-refractivity contribution in [3.8, 4) is 17.2 Å². The van der Waals surface area contributed by atoms with Crippen LogP contribution in [0.25, 0.3) is 0 Å². The molecule has 0 bridgehead atoms. The molecule has 0 spiro atoms. The molecule has 2 rings (SSSR count). The second kappa shape index (κ2) is 9.57. The fourth-order valence-corrected chi connectivity index (χ4v) is 2.91. The Balaban J connectivity index is 2.08. The van der Waals surface area contributed by atoms with Gasteiger partial charge in [-0.2, -0.15) is 0 Å². The van der Waals surface area contributed by atoms with Gasteiger partial charge in [0, 0.05) is 11.6 Å². The summed E-state index contributed by atoms with van der Waals surface area (Å²) in [5.74, 6) is 1.54. The largest absolute Gasteiger partial charge is 0.497 e. The van der Waals surface area contributed by atoms with Gasteiger partial charge in [0.2, 0.25) is 0 Å². The Morgan fingerprint density at radius 1 is 1.07 bits per heavy atom. The zero-order valence-electron chi connectivity index (χ0n) is 15.5. The number of amides is 1. The molecule has 0 heterocycles. The third kappa shape index (κ3) is 5.83. The fraction of sp³-hybridized carbons (Fsp3) is 0.263. The van der Waals surface area contributed by atoms with Gasteiger partial charge in [-0.05, 0) is 72.3 Å². The molecule has 2 aromatic carbocycles. The summed E-state index contributed by atoms with van der Waals surface area (Å²) in [6, 6.07) is 10.3. The molecular formula is C19H21BrN2O4S. The lowest BCUT2D eigenvalue weighted by atomic mass is 10.2. The van der Waals surface area contributed by atoms with Crippen LogP contribution >= 0.6 is 28.1 Å². The van der Waals surface area contributed by atoms with Crippen LogP contribution in [-0.2, 0) is 0 Å². The second-order valence-electron chi connectivity index (χ2n) is 5.79. The molecule has 0 aliphatic carbocycles. The lowest BCUT2D eigenvalue weighted by Crippen LogP contribution is -2.34. The van der Waals surface area contributed by atoms with Crippen molar-refractivity contribution < 1.29 is 19.0 Å². The standard InChI is InChI=1S/C19H21BrN2O4S/c1-11(2)26-16-7-5-12(9-14(16)20)18(23)22-19(27)21-15-10-13(24-3)6-8-17(15)25-4/h5-11H,1-4H3,(H2,21,22,23,27). The van der Waals surface area contributed by atoms with Crippen LogP contribution in [0.2, 0.25) is 0 Å². The number of carbonyl (C=O) groups excluding carboxylic acids is 1. The summed E-state index contributed by atoms with van der Waals surface area (Å²) >= 11 is 8.65. The van der Waals surface area contributed by atoms with Gasteiger partial charge in [0.15, 0.2) is 5.11 Å². The van der Waals surface area contributed by atoms with E-state index in [-0.39, 0.29) is 17.1 Å². The molecule has 1 amide bonds. The summed E-state index contributed by atoms with van der Waals surface area (Å²) in [4.78, 5) is 12.5. The van der Waals surface area contributed by atoms with Crippen molar-refractivity contribution in [3.05, 3.63) is 46.4 Å². The Morgan fingerprint density at radius 3 is 2.37 bits per heavy atom. The molecule has 6 nitrogen and oxygen atoms in total. The summed E-state index contributed by atoms with van der Waals surface area (Å²) in [5.41, 5.74) is 1.03. The third-order valence-electron chi connectivity index (χ3n) is 3.44. The average molecular weight is 453 g/mol. The first-order valence-corrected chi connectivity index (χ1v) is 9.34. The van der Waals surface area contributed by atoms with Gasteiger partial charge >= 0.3 is 0 Å². The Bertz CT molecular complexity index is 842. The minimum absolute atomic E-state index is 0.0376. The smallest absolute Gasteiger partial charge is 0.257 e. The van der Waals surface area contributed by atoms with Gasteiger partial charge in [-0.1, -0.05) is 0 Å². The van der Waals surface area contributed by atoms with Crippen LogP contribution in [0, 0.1) is 0 Å².